The van der Waals surface area contributed by atoms with E-state index < -0.39 is 4.92 Å². The number of hydrogen-bond acceptors (Lipinski definition) is 6. The summed E-state index contributed by atoms with van der Waals surface area (Å²) in [6.45, 7) is 0.639. The molecule has 0 bridgehead atoms. The quantitative estimate of drug-likeness (QED) is 0.260. The molecule has 2 aromatic rings. The number of nitro groups is 1. The number of guanidine groups is 1. The second-order valence-electron chi connectivity index (χ2n) is 4.55. The number of aromatic nitrogens is 1. The topological polar surface area (TPSA) is 125 Å². The second-order valence-corrected chi connectivity index (χ2v) is 4.55. The van der Waals surface area contributed by atoms with E-state index >= 15 is 0 Å². The third kappa shape index (κ3) is 4.83. The van der Waals surface area contributed by atoms with Gasteiger partial charge in [-0.1, -0.05) is 12.1 Å². The van der Waals surface area contributed by atoms with Gasteiger partial charge < -0.3 is 20.5 Å². The number of rotatable bonds is 7. The Bertz CT molecular complexity index is 718. The SMILES string of the molecule is COc1ccccc1OCCN=C(N)Nc1ccc([N+](=O)[O-])cn1. The number of methoxy groups -OCH3 is 1. The second kappa shape index (κ2) is 8.32. The molecule has 0 aliphatic carbocycles. The normalized spacial score (nSPS) is 11.0. The van der Waals surface area contributed by atoms with Crippen LogP contribution in [0.15, 0.2) is 47.6 Å². The summed E-state index contributed by atoms with van der Waals surface area (Å²) in [7, 11) is 1.57. The Kier molecular flexibility index (Phi) is 5.89. The molecule has 1 aromatic carbocycles. The Balaban J connectivity index is 1.82. The maximum absolute atomic E-state index is 10.5. The van der Waals surface area contributed by atoms with Crippen LogP contribution in [0.1, 0.15) is 0 Å². The van der Waals surface area contributed by atoms with Crippen LogP contribution in [-0.4, -0.2) is 36.1 Å². The van der Waals surface area contributed by atoms with Gasteiger partial charge in [0, 0.05) is 6.07 Å². The van der Waals surface area contributed by atoms with Crippen molar-refractivity contribution in [1.29, 1.82) is 0 Å². The summed E-state index contributed by atoms with van der Waals surface area (Å²) >= 11 is 0. The molecule has 9 nitrogen and oxygen atoms in total. The Hall–Kier alpha value is -3.36. The van der Waals surface area contributed by atoms with Crippen molar-refractivity contribution in [1.82, 2.24) is 4.98 Å². The molecule has 0 aliphatic heterocycles. The number of pyridine rings is 1. The van der Waals surface area contributed by atoms with Gasteiger partial charge in [-0.15, -0.1) is 0 Å². The van der Waals surface area contributed by atoms with Crippen molar-refractivity contribution in [2.45, 2.75) is 0 Å². The Labute approximate surface area is 138 Å². The van der Waals surface area contributed by atoms with Crippen LogP contribution in [-0.2, 0) is 0 Å². The van der Waals surface area contributed by atoms with Gasteiger partial charge in [-0.25, -0.2) is 9.98 Å². The van der Waals surface area contributed by atoms with Crippen LogP contribution in [0.2, 0.25) is 0 Å². The summed E-state index contributed by atoms with van der Waals surface area (Å²) < 4.78 is 10.7. The fourth-order valence-electron chi connectivity index (χ4n) is 1.80. The number of benzene rings is 1. The van der Waals surface area contributed by atoms with E-state index in [-0.39, 0.29) is 11.6 Å². The zero-order valence-electron chi connectivity index (χ0n) is 13.0. The predicted molar refractivity (Wildman–Crippen MR) is 89.5 cm³/mol. The van der Waals surface area contributed by atoms with Gasteiger partial charge in [0.2, 0.25) is 0 Å². The minimum absolute atomic E-state index is 0.0960. The van der Waals surface area contributed by atoms with Crippen LogP contribution in [0.3, 0.4) is 0 Å². The molecule has 1 aromatic heterocycles. The molecule has 0 fully saturated rings. The van der Waals surface area contributed by atoms with Crippen molar-refractivity contribution in [2.24, 2.45) is 10.7 Å². The summed E-state index contributed by atoms with van der Waals surface area (Å²) in [4.78, 5) is 18.0. The molecular formula is C15H17N5O4. The highest BCUT2D eigenvalue weighted by Gasteiger charge is 2.05. The molecule has 9 heteroatoms. The average Bonchev–Trinajstić information content (AvgIpc) is 2.59. The summed E-state index contributed by atoms with van der Waals surface area (Å²) in [5.74, 6) is 1.77. The Morgan fingerprint density at radius 3 is 2.71 bits per heavy atom. The third-order valence-electron chi connectivity index (χ3n) is 2.91. The molecule has 24 heavy (non-hydrogen) atoms. The first-order valence-electron chi connectivity index (χ1n) is 7.03. The zero-order chi connectivity index (χ0) is 17.4. The van der Waals surface area contributed by atoms with Crippen molar-refractivity contribution in [3.8, 4) is 11.5 Å². The van der Waals surface area contributed by atoms with E-state index in [1.807, 2.05) is 12.1 Å². The molecule has 0 saturated carbocycles. The van der Waals surface area contributed by atoms with E-state index in [0.29, 0.717) is 30.5 Å². The van der Waals surface area contributed by atoms with Gasteiger partial charge in [-0.2, -0.15) is 0 Å². The monoisotopic (exact) mass is 331 g/mol. The first kappa shape index (κ1) is 17.0. The summed E-state index contributed by atoms with van der Waals surface area (Å²) in [5.41, 5.74) is 5.63. The van der Waals surface area contributed by atoms with E-state index in [9.17, 15) is 10.1 Å². The van der Waals surface area contributed by atoms with Gasteiger partial charge in [0.25, 0.3) is 5.69 Å². The number of nitrogens with zero attached hydrogens (tertiary/aromatic N) is 3. The number of para-hydroxylation sites is 2. The number of anilines is 1. The highest BCUT2D eigenvalue weighted by Crippen LogP contribution is 2.25. The number of nitrogens with one attached hydrogen (secondary N) is 1. The van der Waals surface area contributed by atoms with Crippen molar-refractivity contribution in [2.75, 3.05) is 25.6 Å². The van der Waals surface area contributed by atoms with Gasteiger partial charge in [-0.3, -0.25) is 10.1 Å². The summed E-state index contributed by atoms with van der Waals surface area (Å²) in [6.07, 6.45) is 1.14. The van der Waals surface area contributed by atoms with Crippen LogP contribution in [0.5, 0.6) is 11.5 Å². The lowest BCUT2D eigenvalue weighted by Gasteiger charge is -2.09. The first-order chi connectivity index (χ1) is 11.6. The number of aliphatic imine (C=N–C) groups is 1. The maximum Gasteiger partial charge on any atom is 0.287 e. The van der Waals surface area contributed by atoms with Crippen molar-refractivity contribution < 1.29 is 14.4 Å². The van der Waals surface area contributed by atoms with Gasteiger partial charge >= 0.3 is 0 Å². The molecule has 0 amide bonds. The molecule has 0 saturated heterocycles. The van der Waals surface area contributed by atoms with Crippen LogP contribution in [0, 0.1) is 10.1 Å². The molecule has 0 spiro atoms. The summed E-state index contributed by atoms with van der Waals surface area (Å²) in [5, 5.41) is 13.3. The van der Waals surface area contributed by atoms with E-state index in [4.69, 9.17) is 15.2 Å². The van der Waals surface area contributed by atoms with E-state index in [1.165, 1.54) is 12.1 Å². The van der Waals surface area contributed by atoms with Gasteiger partial charge in [0.15, 0.2) is 17.5 Å². The number of hydrogen-bond donors (Lipinski definition) is 2. The van der Waals surface area contributed by atoms with Gasteiger partial charge in [0.05, 0.1) is 18.6 Å². The molecule has 0 atom stereocenters. The highest BCUT2D eigenvalue weighted by atomic mass is 16.6. The average molecular weight is 331 g/mol. The standard InChI is InChI=1S/C15H17N5O4/c1-23-12-4-2-3-5-13(12)24-9-8-17-15(16)19-14-7-6-11(10-18-14)20(21)22/h2-7,10H,8-9H2,1H3,(H3,16,17,18,19). The highest BCUT2D eigenvalue weighted by molar-refractivity contribution is 5.91. The lowest BCUT2D eigenvalue weighted by atomic mass is 10.3. The zero-order valence-corrected chi connectivity index (χ0v) is 13.0. The van der Waals surface area contributed by atoms with Crippen molar-refractivity contribution in [3.05, 3.63) is 52.7 Å². The minimum Gasteiger partial charge on any atom is -0.493 e. The van der Waals surface area contributed by atoms with E-state index in [0.717, 1.165) is 6.20 Å². The molecule has 3 N–H and O–H groups in total. The number of ether oxygens (including phenoxy) is 2. The minimum atomic E-state index is -0.524. The fraction of sp³-hybridized carbons (Fsp3) is 0.200. The summed E-state index contributed by atoms with van der Waals surface area (Å²) in [6, 6.07) is 10.1. The molecule has 126 valence electrons. The lowest BCUT2D eigenvalue weighted by molar-refractivity contribution is -0.385. The molecular weight excluding hydrogens is 314 g/mol. The molecule has 0 aliphatic rings. The molecule has 1 heterocycles. The van der Waals surface area contributed by atoms with Gasteiger partial charge in [0.1, 0.15) is 18.6 Å². The molecule has 0 radical (unpaired) electrons. The van der Waals surface area contributed by atoms with Crippen LogP contribution >= 0.6 is 0 Å². The van der Waals surface area contributed by atoms with Crippen LogP contribution in [0.4, 0.5) is 11.5 Å². The molecule has 2 rings (SSSR count). The smallest absolute Gasteiger partial charge is 0.287 e. The third-order valence-corrected chi connectivity index (χ3v) is 2.91. The number of nitrogens with two attached hydrogens (primary N) is 1. The van der Waals surface area contributed by atoms with E-state index in [2.05, 4.69) is 15.3 Å². The Morgan fingerprint density at radius 1 is 1.33 bits per heavy atom. The fourth-order valence-corrected chi connectivity index (χ4v) is 1.80. The first-order valence-corrected chi connectivity index (χ1v) is 7.03. The van der Waals surface area contributed by atoms with E-state index in [1.54, 1.807) is 19.2 Å². The largest absolute Gasteiger partial charge is 0.493 e. The van der Waals surface area contributed by atoms with Crippen molar-refractivity contribution >= 4 is 17.5 Å². The van der Waals surface area contributed by atoms with Crippen LogP contribution < -0.4 is 20.5 Å². The Morgan fingerprint density at radius 2 is 2.08 bits per heavy atom. The predicted octanol–water partition coefficient (Wildman–Crippen LogP) is 1.80. The van der Waals surface area contributed by atoms with Crippen molar-refractivity contribution in [3.63, 3.8) is 0 Å². The lowest BCUT2D eigenvalue weighted by Crippen LogP contribution is -2.24. The maximum atomic E-state index is 10.5. The van der Waals surface area contributed by atoms with Crippen LogP contribution in [0.25, 0.3) is 0 Å². The van der Waals surface area contributed by atoms with Gasteiger partial charge in [-0.05, 0) is 18.2 Å². The molecule has 0 unspecified atom stereocenters.